The van der Waals surface area contributed by atoms with Crippen molar-refractivity contribution >= 4 is 16.9 Å². The van der Waals surface area contributed by atoms with E-state index < -0.39 is 0 Å². The molecule has 1 aliphatic heterocycles. The van der Waals surface area contributed by atoms with Crippen LogP contribution in [0, 0.1) is 5.41 Å². The van der Waals surface area contributed by atoms with E-state index in [0.717, 1.165) is 6.54 Å². The average Bonchev–Trinajstić information content (AvgIpc) is 2.70. The molecule has 1 N–H and O–H groups in total. The second-order valence-electron chi connectivity index (χ2n) is 5.07. The summed E-state index contributed by atoms with van der Waals surface area (Å²) in [6.45, 7) is 5.51. The lowest BCUT2D eigenvalue weighted by molar-refractivity contribution is 0.358. The first-order valence-electron chi connectivity index (χ1n) is 6.18. The fourth-order valence-corrected chi connectivity index (χ4v) is 3.64. The quantitative estimate of drug-likeness (QED) is 0.782. The molecule has 0 aromatic rings. The molecule has 1 aliphatic carbocycles. The first kappa shape index (κ1) is 11.3. The molecule has 0 radical (unpaired) electrons. The topological polar surface area (TPSA) is 24.4 Å². The molecule has 1 atom stereocenters. The van der Waals surface area contributed by atoms with Crippen molar-refractivity contribution in [3.8, 4) is 0 Å². The number of thioether (sulfide) groups is 1. The molecule has 0 aromatic heterocycles. The van der Waals surface area contributed by atoms with Gasteiger partial charge in [0, 0.05) is 18.3 Å². The Bertz CT molecular complexity index is 244. The van der Waals surface area contributed by atoms with Gasteiger partial charge in [-0.15, -0.1) is 0 Å². The van der Waals surface area contributed by atoms with Gasteiger partial charge in [-0.3, -0.25) is 4.99 Å². The number of hydrogen-bond donors (Lipinski definition) is 1. The minimum absolute atomic E-state index is 0.564. The number of hydrogen-bond acceptors (Lipinski definition) is 3. The Morgan fingerprint density at radius 2 is 2.20 bits per heavy atom. The summed E-state index contributed by atoms with van der Waals surface area (Å²) in [5, 5.41) is 4.67. The van der Waals surface area contributed by atoms with Crippen molar-refractivity contribution in [1.29, 1.82) is 0 Å². The zero-order valence-electron chi connectivity index (χ0n) is 9.88. The summed E-state index contributed by atoms with van der Waals surface area (Å²) in [5.74, 6) is 1.29. The zero-order chi connectivity index (χ0) is 10.7. The van der Waals surface area contributed by atoms with Crippen LogP contribution in [0.4, 0.5) is 0 Å². The second-order valence-corrected chi connectivity index (χ2v) is 6.03. The molecule has 1 saturated carbocycles. The molecule has 2 rings (SSSR count). The Kier molecular flexibility index (Phi) is 3.60. The van der Waals surface area contributed by atoms with E-state index in [1.165, 1.54) is 43.0 Å². The highest BCUT2D eigenvalue weighted by Crippen LogP contribution is 2.43. The van der Waals surface area contributed by atoms with Crippen molar-refractivity contribution in [2.24, 2.45) is 10.4 Å². The summed E-state index contributed by atoms with van der Waals surface area (Å²) < 4.78 is 0. The minimum Gasteiger partial charge on any atom is -0.362 e. The van der Waals surface area contributed by atoms with Crippen molar-refractivity contribution in [2.45, 2.75) is 52.0 Å². The lowest BCUT2D eigenvalue weighted by atomic mass is 9.89. The Morgan fingerprint density at radius 1 is 1.47 bits per heavy atom. The molecule has 0 aromatic carbocycles. The summed E-state index contributed by atoms with van der Waals surface area (Å²) in [7, 11) is 0. The molecule has 0 bridgehead atoms. The highest BCUT2D eigenvalue weighted by atomic mass is 32.2. The van der Waals surface area contributed by atoms with Gasteiger partial charge in [-0.2, -0.15) is 0 Å². The Hall–Kier alpha value is -0.180. The van der Waals surface area contributed by atoms with Gasteiger partial charge < -0.3 is 5.32 Å². The number of nitrogens with zero attached hydrogens (tertiary/aromatic N) is 1. The van der Waals surface area contributed by atoms with E-state index in [9.17, 15) is 0 Å². The van der Waals surface area contributed by atoms with E-state index >= 15 is 0 Å². The Morgan fingerprint density at radius 3 is 2.73 bits per heavy atom. The van der Waals surface area contributed by atoms with Crippen molar-refractivity contribution in [3.05, 3.63) is 0 Å². The van der Waals surface area contributed by atoms with Crippen LogP contribution in [0.2, 0.25) is 0 Å². The lowest BCUT2D eigenvalue weighted by Gasteiger charge is -2.31. The summed E-state index contributed by atoms with van der Waals surface area (Å²) in [6, 6.07) is 0.564. The molecule has 1 heterocycles. The molecule has 86 valence electrons. The highest BCUT2D eigenvalue weighted by Gasteiger charge is 2.36. The molecule has 1 unspecified atom stereocenters. The Balaban J connectivity index is 1.88. The maximum absolute atomic E-state index is 4.72. The van der Waals surface area contributed by atoms with Crippen LogP contribution >= 0.6 is 11.8 Å². The first-order chi connectivity index (χ1) is 7.24. The summed E-state index contributed by atoms with van der Waals surface area (Å²) in [5.41, 5.74) is 0.575. The second kappa shape index (κ2) is 4.77. The molecule has 2 nitrogen and oxygen atoms in total. The van der Waals surface area contributed by atoms with Crippen molar-refractivity contribution in [1.82, 2.24) is 5.32 Å². The van der Waals surface area contributed by atoms with Gasteiger partial charge in [0.25, 0.3) is 0 Å². The molecule has 0 amide bonds. The van der Waals surface area contributed by atoms with E-state index in [1.54, 1.807) is 0 Å². The fourth-order valence-electron chi connectivity index (χ4n) is 2.38. The molecule has 3 heteroatoms. The van der Waals surface area contributed by atoms with Crippen LogP contribution in [0.15, 0.2) is 4.99 Å². The van der Waals surface area contributed by atoms with Crippen LogP contribution in [0.1, 0.15) is 46.0 Å². The summed E-state index contributed by atoms with van der Waals surface area (Å²) in [4.78, 5) is 4.72. The van der Waals surface area contributed by atoms with Gasteiger partial charge >= 0.3 is 0 Å². The molecule has 0 saturated heterocycles. The van der Waals surface area contributed by atoms with Crippen molar-refractivity contribution in [3.63, 3.8) is 0 Å². The first-order valence-corrected chi connectivity index (χ1v) is 7.16. The predicted octanol–water partition coefficient (Wildman–Crippen LogP) is 3.04. The van der Waals surface area contributed by atoms with Gasteiger partial charge in [0.15, 0.2) is 5.17 Å². The molecule has 1 fully saturated rings. The number of nitrogens with one attached hydrogen (secondary N) is 1. The number of aliphatic imine (C=N–C) groups is 1. The third-order valence-electron chi connectivity index (χ3n) is 3.72. The molecular weight excluding hydrogens is 204 g/mol. The maximum Gasteiger partial charge on any atom is 0.156 e. The maximum atomic E-state index is 4.72. The van der Waals surface area contributed by atoms with Crippen LogP contribution in [-0.2, 0) is 0 Å². The van der Waals surface area contributed by atoms with E-state index in [2.05, 4.69) is 19.2 Å². The lowest BCUT2D eigenvalue weighted by Crippen LogP contribution is -2.36. The van der Waals surface area contributed by atoms with Gasteiger partial charge in [0.1, 0.15) is 0 Å². The summed E-state index contributed by atoms with van der Waals surface area (Å²) in [6.07, 6.45) is 6.82. The molecule has 1 spiro atoms. The van der Waals surface area contributed by atoms with E-state index in [1.807, 2.05) is 11.8 Å². The largest absolute Gasteiger partial charge is 0.362 e. The third kappa shape index (κ3) is 2.68. The average molecular weight is 226 g/mol. The third-order valence-corrected chi connectivity index (χ3v) is 5.00. The number of amidine groups is 1. The normalized spacial score (nSPS) is 26.4. The van der Waals surface area contributed by atoms with Gasteiger partial charge in [-0.25, -0.2) is 0 Å². The summed E-state index contributed by atoms with van der Waals surface area (Å²) >= 11 is 1.94. The van der Waals surface area contributed by atoms with E-state index in [0.29, 0.717) is 11.5 Å². The Labute approximate surface area is 97.3 Å². The molecule has 15 heavy (non-hydrogen) atoms. The smallest absolute Gasteiger partial charge is 0.156 e. The molecular formula is C12H22N2S. The van der Waals surface area contributed by atoms with Crippen molar-refractivity contribution in [2.75, 3.05) is 12.3 Å². The highest BCUT2D eigenvalue weighted by molar-refractivity contribution is 8.13. The van der Waals surface area contributed by atoms with Gasteiger partial charge in [0.2, 0.25) is 0 Å². The van der Waals surface area contributed by atoms with Gasteiger partial charge in [-0.1, -0.05) is 31.5 Å². The van der Waals surface area contributed by atoms with Crippen molar-refractivity contribution < 1.29 is 0 Å². The molecule has 2 aliphatic rings. The van der Waals surface area contributed by atoms with Gasteiger partial charge in [-0.05, 0) is 31.6 Å². The van der Waals surface area contributed by atoms with Crippen LogP contribution in [-0.4, -0.2) is 23.5 Å². The standard InChI is InChI=1S/C12H22N2S/c1-3-10(2)14-11-13-8-12(9-15-11)6-4-5-7-12/h10H,3-9H2,1-2H3,(H,13,14). The van der Waals surface area contributed by atoms with Crippen LogP contribution in [0.25, 0.3) is 0 Å². The minimum atomic E-state index is 0.564. The number of rotatable bonds is 2. The van der Waals surface area contributed by atoms with Crippen LogP contribution in [0.5, 0.6) is 0 Å². The zero-order valence-corrected chi connectivity index (χ0v) is 10.7. The SMILES string of the molecule is CCC(C)NC1=NCC2(CCCC2)CS1. The van der Waals surface area contributed by atoms with Crippen LogP contribution in [0.3, 0.4) is 0 Å². The van der Waals surface area contributed by atoms with Crippen LogP contribution < -0.4 is 5.32 Å². The van der Waals surface area contributed by atoms with E-state index in [4.69, 9.17) is 4.99 Å². The van der Waals surface area contributed by atoms with Gasteiger partial charge in [0.05, 0.1) is 0 Å². The van der Waals surface area contributed by atoms with E-state index in [-0.39, 0.29) is 0 Å². The monoisotopic (exact) mass is 226 g/mol. The predicted molar refractivity (Wildman–Crippen MR) is 68.5 cm³/mol. The fraction of sp³-hybridized carbons (Fsp3) is 0.917.